The van der Waals surface area contributed by atoms with Crippen molar-refractivity contribution < 1.29 is 14.3 Å². The first kappa shape index (κ1) is 12.2. The molecule has 0 radical (unpaired) electrons. The fraction of sp³-hybridized carbons (Fsp3) is 0.429. The first-order chi connectivity index (χ1) is 9.25. The van der Waals surface area contributed by atoms with Gasteiger partial charge in [-0.25, -0.2) is 4.79 Å². The van der Waals surface area contributed by atoms with Crippen LogP contribution in [0.4, 0.5) is 10.5 Å². The van der Waals surface area contributed by atoms with Gasteiger partial charge >= 0.3 is 6.03 Å². The van der Waals surface area contributed by atoms with E-state index < -0.39 is 0 Å². The molecule has 0 saturated carbocycles. The number of para-hydroxylation sites is 1. The zero-order valence-corrected chi connectivity index (χ0v) is 10.6. The Bertz CT molecular complexity index is 509. The second-order valence-corrected chi connectivity index (χ2v) is 4.85. The molecule has 100 valence electrons. The molecule has 1 aromatic carbocycles. The quantitative estimate of drug-likeness (QED) is 0.834. The van der Waals surface area contributed by atoms with Crippen molar-refractivity contribution in [1.29, 1.82) is 0 Å². The molecule has 1 N–H and O–H groups in total. The van der Waals surface area contributed by atoms with Crippen molar-refractivity contribution in [2.24, 2.45) is 0 Å². The normalized spacial score (nSPS) is 22.2. The van der Waals surface area contributed by atoms with Crippen molar-refractivity contribution in [3.8, 4) is 0 Å². The smallest absolute Gasteiger partial charge is 0.322 e. The third kappa shape index (κ3) is 2.33. The topological polar surface area (TPSA) is 58.6 Å². The number of fused-ring (bicyclic) bond motifs is 1. The fourth-order valence-corrected chi connectivity index (χ4v) is 2.53. The average molecular weight is 260 g/mol. The summed E-state index contributed by atoms with van der Waals surface area (Å²) in [5.41, 5.74) is 1.33. The minimum Gasteiger partial charge on any atom is -0.379 e. The van der Waals surface area contributed by atoms with Crippen LogP contribution in [-0.2, 0) is 4.74 Å². The van der Waals surface area contributed by atoms with Crippen LogP contribution in [0, 0.1) is 0 Å². The maximum atomic E-state index is 12.3. The minimum atomic E-state index is -0.143. The van der Waals surface area contributed by atoms with Crippen LogP contribution in [0.2, 0.25) is 0 Å². The largest absolute Gasteiger partial charge is 0.379 e. The lowest BCUT2D eigenvalue weighted by molar-refractivity contribution is 0.0981. The highest BCUT2D eigenvalue weighted by atomic mass is 16.5. The van der Waals surface area contributed by atoms with Crippen molar-refractivity contribution in [2.45, 2.75) is 18.9 Å². The second-order valence-electron chi connectivity index (χ2n) is 4.85. The molecule has 1 unspecified atom stereocenters. The number of amides is 2. The Morgan fingerprint density at radius 3 is 3.00 bits per heavy atom. The highest BCUT2D eigenvalue weighted by Crippen LogP contribution is 2.26. The number of rotatable bonds is 1. The molecule has 2 heterocycles. The first-order valence-corrected chi connectivity index (χ1v) is 6.54. The lowest BCUT2D eigenvalue weighted by Gasteiger charge is -2.29. The third-order valence-corrected chi connectivity index (χ3v) is 3.56. The molecule has 0 spiro atoms. The number of carbonyl (C=O) groups is 2. The fourth-order valence-electron chi connectivity index (χ4n) is 2.53. The summed E-state index contributed by atoms with van der Waals surface area (Å²) in [7, 11) is 0. The highest BCUT2D eigenvalue weighted by molar-refractivity contribution is 6.08. The zero-order valence-electron chi connectivity index (χ0n) is 10.6. The number of ketones is 1. The summed E-state index contributed by atoms with van der Waals surface area (Å²) in [6.45, 7) is 1.70. The van der Waals surface area contributed by atoms with Crippen LogP contribution in [0.5, 0.6) is 0 Å². The molecular formula is C14H16N2O3. The molecule has 1 atom stereocenters. The predicted molar refractivity (Wildman–Crippen MR) is 70.5 cm³/mol. The SMILES string of the molecule is O=C1CCN(C(=O)NC2CCOC2)c2ccccc21. The van der Waals surface area contributed by atoms with Gasteiger partial charge in [0.05, 0.1) is 18.3 Å². The number of anilines is 1. The van der Waals surface area contributed by atoms with Crippen molar-refractivity contribution in [2.75, 3.05) is 24.7 Å². The number of urea groups is 1. The van der Waals surface area contributed by atoms with Crippen molar-refractivity contribution >= 4 is 17.5 Å². The lowest BCUT2D eigenvalue weighted by atomic mass is 10.0. The van der Waals surface area contributed by atoms with Gasteiger partial charge in [-0.15, -0.1) is 0 Å². The standard InChI is InChI=1S/C14H16N2O3/c17-13-5-7-16(12-4-2-1-3-11(12)13)14(18)15-10-6-8-19-9-10/h1-4,10H,5-9H2,(H,15,18). The Kier molecular flexibility index (Phi) is 3.21. The van der Waals surface area contributed by atoms with Gasteiger partial charge in [0, 0.05) is 25.1 Å². The Balaban J connectivity index is 1.79. The molecule has 1 aromatic rings. The van der Waals surface area contributed by atoms with Gasteiger partial charge in [-0.05, 0) is 18.6 Å². The zero-order chi connectivity index (χ0) is 13.2. The lowest BCUT2D eigenvalue weighted by Crippen LogP contribution is -2.47. The summed E-state index contributed by atoms with van der Waals surface area (Å²) in [5, 5.41) is 2.95. The number of nitrogens with zero attached hydrogens (tertiary/aromatic N) is 1. The molecule has 2 aliphatic rings. The van der Waals surface area contributed by atoms with E-state index in [9.17, 15) is 9.59 Å². The van der Waals surface area contributed by atoms with E-state index in [4.69, 9.17) is 4.74 Å². The summed E-state index contributed by atoms with van der Waals surface area (Å²) in [5.74, 6) is 0.101. The third-order valence-electron chi connectivity index (χ3n) is 3.56. The first-order valence-electron chi connectivity index (χ1n) is 6.54. The van der Waals surface area contributed by atoms with Gasteiger partial charge in [0.1, 0.15) is 0 Å². The van der Waals surface area contributed by atoms with E-state index in [1.165, 1.54) is 0 Å². The summed E-state index contributed by atoms with van der Waals surface area (Å²) in [6.07, 6.45) is 1.23. The molecule has 5 heteroatoms. The van der Waals surface area contributed by atoms with E-state index in [2.05, 4.69) is 5.32 Å². The Hall–Kier alpha value is -1.88. The van der Waals surface area contributed by atoms with E-state index in [1.807, 2.05) is 18.2 Å². The van der Waals surface area contributed by atoms with Gasteiger partial charge in [0.2, 0.25) is 0 Å². The van der Waals surface area contributed by atoms with Gasteiger partial charge in [-0.3, -0.25) is 9.69 Å². The summed E-state index contributed by atoms with van der Waals surface area (Å²) >= 11 is 0. The molecule has 2 aliphatic heterocycles. The van der Waals surface area contributed by atoms with Crippen molar-refractivity contribution in [3.05, 3.63) is 29.8 Å². The maximum absolute atomic E-state index is 12.3. The number of carbonyl (C=O) groups excluding carboxylic acids is 2. The van der Waals surface area contributed by atoms with Crippen LogP contribution in [0.1, 0.15) is 23.2 Å². The van der Waals surface area contributed by atoms with Gasteiger partial charge in [0.25, 0.3) is 0 Å². The molecule has 19 heavy (non-hydrogen) atoms. The number of hydrogen-bond donors (Lipinski definition) is 1. The summed E-state index contributed by atoms with van der Waals surface area (Å²) in [6, 6.07) is 7.19. The summed E-state index contributed by atoms with van der Waals surface area (Å²) in [4.78, 5) is 25.7. The van der Waals surface area contributed by atoms with E-state index in [1.54, 1.807) is 11.0 Å². The van der Waals surface area contributed by atoms with Crippen LogP contribution in [-0.4, -0.2) is 37.6 Å². The number of ether oxygens (including phenoxy) is 1. The molecule has 0 aliphatic carbocycles. The monoisotopic (exact) mass is 260 g/mol. The van der Waals surface area contributed by atoms with E-state index >= 15 is 0 Å². The molecule has 1 fully saturated rings. The molecule has 0 bridgehead atoms. The molecule has 3 rings (SSSR count). The number of hydrogen-bond acceptors (Lipinski definition) is 3. The van der Waals surface area contributed by atoms with E-state index in [0.29, 0.717) is 37.4 Å². The Labute approximate surface area is 111 Å². The van der Waals surface area contributed by atoms with Crippen LogP contribution in [0.3, 0.4) is 0 Å². The van der Waals surface area contributed by atoms with Gasteiger partial charge < -0.3 is 10.1 Å². The van der Waals surface area contributed by atoms with Crippen molar-refractivity contribution in [1.82, 2.24) is 5.32 Å². The summed E-state index contributed by atoms with van der Waals surface area (Å²) < 4.78 is 5.24. The molecular weight excluding hydrogens is 244 g/mol. The Morgan fingerprint density at radius 1 is 1.37 bits per heavy atom. The molecule has 5 nitrogen and oxygen atoms in total. The van der Waals surface area contributed by atoms with Gasteiger partial charge in [-0.1, -0.05) is 12.1 Å². The van der Waals surface area contributed by atoms with Gasteiger partial charge in [0.15, 0.2) is 5.78 Å². The van der Waals surface area contributed by atoms with Crippen LogP contribution in [0.15, 0.2) is 24.3 Å². The maximum Gasteiger partial charge on any atom is 0.322 e. The average Bonchev–Trinajstić information content (AvgIpc) is 2.92. The van der Waals surface area contributed by atoms with Crippen LogP contribution in [0.25, 0.3) is 0 Å². The van der Waals surface area contributed by atoms with Crippen molar-refractivity contribution in [3.63, 3.8) is 0 Å². The molecule has 1 saturated heterocycles. The predicted octanol–water partition coefficient (Wildman–Crippen LogP) is 1.58. The van der Waals surface area contributed by atoms with Gasteiger partial charge in [-0.2, -0.15) is 0 Å². The highest BCUT2D eigenvalue weighted by Gasteiger charge is 2.28. The molecule has 2 amide bonds. The number of Topliss-reactive ketones (excluding diaryl/α,β-unsaturated/α-hetero) is 1. The van der Waals surface area contributed by atoms with E-state index in [0.717, 1.165) is 6.42 Å². The Morgan fingerprint density at radius 2 is 2.21 bits per heavy atom. The minimum absolute atomic E-state index is 0.0808. The number of benzene rings is 1. The van der Waals surface area contributed by atoms with E-state index in [-0.39, 0.29) is 17.9 Å². The number of nitrogens with one attached hydrogen (secondary N) is 1. The second kappa shape index (κ2) is 5.01. The molecule has 0 aromatic heterocycles. The van der Waals surface area contributed by atoms with Crippen LogP contribution < -0.4 is 10.2 Å². The van der Waals surface area contributed by atoms with Crippen LogP contribution >= 0.6 is 0 Å².